The summed E-state index contributed by atoms with van der Waals surface area (Å²) in [7, 11) is 2.92. The summed E-state index contributed by atoms with van der Waals surface area (Å²) in [6.45, 7) is 3.38. The minimum absolute atomic E-state index is 0.295. The van der Waals surface area contributed by atoms with E-state index in [0.717, 1.165) is 0 Å². The van der Waals surface area contributed by atoms with Crippen LogP contribution < -0.4 is 0 Å². The molecule has 0 aromatic carbocycles. The van der Waals surface area contributed by atoms with Crippen molar-refractivity contribution in [1.82, 2.24) is 0 Å². The van der Waals surface area contributed by atoms with E-state index in [1.165, 1.54) is 20.3 Å². The highest BCUT2D eigenvalue weighted by Crippen LogP contribution is 2.13. The standard InChI is InChI=1S/C12H16O4/c1-5-12(16-4)11(8-14)6-10(7-13)9(2)15-3/h5-8H,1-4H3/b10-9-,11-6-,12-5?. The third-order valence-corrected chi connectivity index (χ3v) is 2.04. The number of carbonyl (C=O) groups is 2. The van der Waals surface area contributed by atoms with E-state index in [2.05, 4.69) is 0 Å². The van der Waals surface area contributed by atoms with Crippen LogP contribution in [-0.2, 0) is 19.1 Å². The molecule has 88 valence electrons. The van der Waals surface area contributed by atoms with Crippen molar-refractivity contribution in [1.29, 1.82) is 0 Å². The summed E-state index contributed by atoms with van der Waals surface area (Å²) in [5, 5.41) is 0. The van der Waals surface area contributed by atoms with Crippen molar-refractivity contribution in [2.45, 2.75) is 13.8 Å². The summed E-state index contributed by atoms with van der Waals surface area (Å²) in [6, 6.07) is 0. The van der Waals surface area contributed by atoms with Gasteiger partial charge in [-0.25, -0.2) is 0 Å². The average molecular weight is 224 g/mol. The smallest absolute Gasteiger partial charge is 0.153 e. The van der Waals surface area contributed by atoms with Crippen LogP contribution in [-0.4, -0.2) is 26.8 Å². The highest BCUT2D eigenvalue weighted by molar-refractivity contribution is 5.86. The largest absolute Gasteiger partial charge is 0.501 e. The van der Waals surface area contributed by atoms with Gasteiger partial charge in [0.15, 0.2) is 12.6 Å². The maximum absolute atomic E-state index is 10.9. The number of carbonyl (C=O) groups excluding carboxylic acids is 2. The van der Waals surface area contributed by atoms with Gasteiger partial charge in [-0.3, -0.25) is 9.59 Å². The molecular weight excluding hydrogens is 208 g/mol. The van der Waals surface area contributed by atoms with Gasteiger partial charge in [-0.05, 0) is 26.0 Å². The Balaban J connectivity index is 5.39. The first kappa shape index (κ1) is 14.2. The Hall–Kier alpha value is -1.84. The van der Waals surface area contributed by atoms with Crippen molar-refractivity contribution < 1.29 is 19.1 Å². The molecule has 0 spiro atoms. The van der Waals surface area contributed by atoms with Gasteiger partial charge in [0, 0.05) is 0 Å². The number of aldehydes is 2. The van der Waals surface area contributed by atoms with Gasteiger partial charge in [-0.2, -0.15) is 0 Å². The summed E-state index contributed by atoms with van der Waals surface area (Å²) >= 11 is 0. The van der Waals surface area contributed by atoms with Crippen LogP contribution in [0.5, 0.6) is 0 Å². The topological polar surface area (TPSA) is 52.6 Å². The second kappa shape index (κ2) is 7.45. The molecule has 0 unspecified atom stereocenters. The van der Waals surface area contributed by atoms with Crippen molar-refractivity contribution in [3.63, 3.8) is 0 Å². The van der Waals surface area contributed by atoms with Gasteiger partial charge in [0.25, 0.3) is 0 Å². The second-order valence-electron chi connectivity index (χ2n) is 2.91. The third kappa shape index (κ3) is 3.73. The Kier molecular flexibility index (Phi) is 6.59. The fourth-order valence-corrected chi connectivity index (χ4v) is 1.07. The first-order valence-electron chi connectivity index (χ1n) is 4.72. The molecule has 0 radical (unpaired) electrons. The third-order valence-electron chi connectivity index (χ3n) is 2.04. The lowest BCUT2D eigenvalue weighted by Gasteiger charge is -2.06. The number of hydrogen-bond donors (Lipinski definition) is 0. The van der Waals surface area contributed by atoms with Crippen LogP contribution in [0.15, 0.2) is 34.8 Å². The van der Waals surface area contributed by atoms with Crippen LogP contribution in [0.3, 0.4) is 0 Å². The molecule has 0 N–H and O–H groups in total. The zero-order valence-corrected chi connectivity index (χ0v) is 9.94. The van der Waals surface area contributed by atoms with Crippen molar-refractivity contribution in [3.8, 4) is 0 Å². The summed E-state index contributed by atoms with van der Waals surface area (Å²) < 4.78 is 9.92. The van der Waals surface area contributed by atoms with Gasteiger partial charge in [-0.15, -0.1) is 0 Å². The summed E-state index contributed by atoms with van der Waals surface area (Å²) in [5.41, 5.74) is 0.601. The number of hydrogen-bond acceptors (Lipinski definition) is 4. The molecule has 16 heavy (non-hydrogen) atoms. The quantitative estimate of drug-likeness (QED) is 0.299. The molecule has 0 fully saturated rings. The highest BCUT2D eigenvalue weighted by Gasteiger charge is 2.06. The molecule has 4 nitrogen and oxygen atoms in total. The maximum Gasteiger partial charge on any atom is 0.153 e. The van der Waals surface area contributed by atoms with E-state index in [-0.39, 0.29) is 0 Å². The van der Waals surface area contributed by atoms with Crippen LogP contribution in [0.2, 0.25) is 0 Å². The minimum atomic E-state index is 0.295. The fraction of sp³-hybridized carbons (Fsp3) is 0.333. The SMILES string of the molecule is CC=C(OC)/C(C=O)=C\C(C=O)=C(/C)OC. The van der Waals surface area contributed by atoms with E-state index in [4.69, 9.17) is 9.47 Å². The molecule has 0 aliphatic carbocycles. The molecule has 0 aromatic rings. The fourth-order valence-electron chi connectivity index (χ4n) is 1.07. The second-order valence-corrected chi connectivity index (χ2v) is 2.91. The zero-order valence-electron chi connectivity index (χ0n) is 9.94. The van der Waals surface area contributed by atoms with Crippen molar-refractivity contribution in [3.05, 3.63) is 34.8 Å². The molecule has 4 heteroatoms. The Morgan fingerprint density at radius 1 is 1.06 bits per heavy atom. The van der Waals surface area contributed by atoms with Crippen LogP contribution in [0.1, 0.15) is 13.8 Å². The lowest BCUT2D eigenvalue weighted by Crippen LogP contribution is -1.97. The van der Waals surface area contributed by atoms with E-state index in [9.17, 15) is 9.59 Å². The molecule has 0 heterocycles. The lowest BCUT2D eigenvalue weighted by molar-refractivity contribution is -0.105. The van der Waals surface area contributed by atoms with Crippen molar-refractivity contribution >= 4 is 12.6 Å². The molecule has 0 aliphatic rings. The Morgan fingerprint density at radius 2 is 1.69 bits per heavy atom. The molecule has 0 rings (SSSR count). The minimum Gasteiger partial charge on any atom is -0.501 e. The average Bonchev–Trinajstić information content (AvgIpc) is 2.33. The maximum atomic E-state index is 10.9. The predicted molar refractivity (Wildman–Crippen MR) is 60.7 cm³/mol. The van der Waals surface area contributed by atoms with E-state index in [1.54, 1.807) is 19.9 Å². The number of allylic oxidation sites excluding steroid dienone is 5. The van der Waals surface area contributed by atoms with Crippen LogP contribution in [0, 0.1) is 0 Å². The van der Waals surface area contributed by atoms with Crippen LogP contribution in [0.4, 0.5) is 0 Å². The lowest BCUT2D eigenvalue weighted by atomic mass is 10.1. The zero-order chi connectivity index (χ0) is 12.6. The van der Waals surface area contributed by atoms with E-state index in [1.807, 2.05) is 0 Å². The first-order valence-corrected chi connectivity index (χ1v) is 4.72. The molecule has 0 aliphatic heterocycles. The number of ether oxygens (including phenoxy) is 2. The van der Waals surface area contributed by atoms with Gasteiger partial charge in [0.2, 0.25) is 0 Å². The molecule has 0 amide bonds. The summed E-state index contributed by atoms with van der Waals surface area (Å²) in [4.78, 5) is 21.7. The van der Waals surface area contributed by atoms with Crippen LogP contribution >= 0.6 is 0 Å². The highest BCUT2D eigenvalue weighted by atomic mass is 16.5. The van der Waals surface area contributed by atoms with Gasteiger partial charge in [0.1, 0.15) is 11.5 Å². The summed E-state index contributed by atoms with van der Waals surface area (Å²) in [5.74, 6) is 0.860. The van der Waals surface area contributed by atoms with Gasteiger partial charge in [0.05, 0.1) is 25.4 Å². The molecule has 0 aromatic heterocycles. The molecular formula is C12H16O4. The number of rotatable bonds is 6. The summed E-state index contributed by atoms with van der Waals surface area (Å²) in [6.07, 6.45) is 4.33. The van der Waals surface area contributed by atoms with Crippen molar-refractivity contribution in [2.24, 2.45) is 0 Å². The normalized spacial score (nSPS) is 14.0. The predicted octanol–water partition coefficient (Wildman–Crippen LogP) is 1.78. The first-order chi connectivity index (χ1) is 7.64. The van der Waals surface area contributed by atoms with Gasteiger partial charge in [-0.1, -0.05) is 0 Å². The van der Waals surface area contributed by atoms with E-state index in [0.29, 0.717) is 35.2 Å². The Labute approximate surface area is 95.2 Å². The molecule has 0 atom stereocenters. The van der Waals surface area contributed by atoms with Crippen LogP contribution in [0.25, 0.3) is 0 Å². The monoisotopic (exact) mass is 224 g/mol. The van der Waals surface area contributed by atoms with Gasteiger partial charge < -0.3 is 9.47 Å². The van der Waals surface area contributed by atoms with Gasteiger partial charge >= 0.3 is 0 Å². The van der Waals surface area contributed by atoms with E-state index < -0.39 is 0 Å². The molecule has 0 saturated carbocycles. The number of methoxy groups -OCH3 is 2. The van der Waals surface area contributed by atoms with E-state index >= 15 is 0 Å². The Bertz CT molecular complexity index is 348. The van der Waals surface area contributed by atoms with Crippen molar-refractivity contribution in [2.75, 3.05) is 14.2 Å². The molecule has 0 bridgehead atoms. The Morgan fingerprint density at radius 3 is 2.00 bits per heavy atom. The molecule has 0 saturated heterocycles.